The lowest BCUT2D eigenvalue weighted by Gasteiger charge is -2.17. The highest BCUT2D eigenvalue weighted by molar-refractivity contribution is 7.99. The monoisotopic (exact) mass is 276 g/mol. The Morgan fingerprint density at radius 3 is 2.53 bits per heavy atom. The summed E-state index contributed by atoms with van der Waals surface area (Å²) < 4.78 is 13.7. The SMILES string of the molecule is Cc1ccccc1SCC(NN)c1ccccc1F. The van der Waals surface area contributed by atoms with Crippen molar-refractivity contribution in [2.24, 2.45) is 5.84 Å². The molecule has 4 heteroatoms. The number of aryl methyl sites for hydroxylation is 1. The van der Waals surface area contributed by atoms with Gasteiger partial charge in [0.2, 0.25) is 0 Å². The minimum absolute atomic E-state index is 0.203. The highest BCUT2D eigenvalue weighted by Crippen LogP contribution is 2.27. The Kier molecular flexibility index (Phi) is 4.96. The highest BCUT2D eigenvalue weighted by atomic mass is 32.2. The third-order valence-corrected chi connectivity index (χ3v) is 4.25. The molecule has 2 nitrogen and oxygen atoms in total. The van der Waals surface area contributed by atoms with E-state index in [1.54, 1.807) is 23.9 Å². The molecular formula is C15H17FN2S. The van der Waals surface area contributed by atoms with Crippen LogP contribution in [0.1, 0.15) is 17.2 Å². The molecule has 0 saturated heterocycles. The van der Waals surface area contributed by atoms with Gasteiger partial charge in [-0.2, -0.15) is 0 Å². The fourth-order valence-corrected chi connectivity index (χ4v) is 2.97. The Morgan fingerprint density at radius 2 is 1.84 bits per heavy atom. The molecule has 100 valence electrons. The average molecular weight is 276 g/mol. The number of nitrogens with one attached hydrogen (secondary N) is 1. The van der Waals surface area contributed by atoms with Crippen LogP contribution in [0.25, 0.3) is 0 Å². The minimum Gasteiger partial charge on any atom is -0.271 e. The molecule has 0 spiro atoms. The number of rotatable bonds is 5. The molecule has 2 aromatic carbocycles. The number of hydrazine groups is 1. The maximum Gasteiger partial charge on any atom is 0.128 e. The van der Waals surface area contributed by atoms with E-state index in [1.165, 1.54) is 16.5 Å². The van der Waals surface area contributed by atoms with Crippen LogP contribution in [-0.4, -0.2) is 5.75 Å². The van der Waals surface area contributed by atoms with Gasteiger partial charge in [-0.1, -0.05) is 36.4 Å². The molecule has 0 aromatic heterocycles. The van der Waals surface area contributed by atoms with Gasteiger partial charge < -0.3 is 0 Å². The second kappa shape index (κ2) is 6.70. The largest absolute Gasteiger partial charge is 0.271 e. The maximum atomic E-state index is 13.7. The molecule has 0 aliphatic rings. The first-order chi connectivity index (χ1) is 9.22. The Bertz CT molecular complexity index is 545. The van der Waals surface area contributed by atoms with Crippen LogP contribution >= 0.6 is 11.8 Å². The highest BCUT2D eigenvalue weighted by Gasteiger charge is 2.14. The van der Waals surface area contributed by atoms with Crippen LogP contribution in [0.4, 0.5) is 4.39 Å². The molecule has 19 heavy (non-hydrogen) atoms. The summed E-state index contributed by atoms with van der Waals surface area (Å²) in [5, 5.41) is 0. The Morgan fingerprint density at radius 1 is 1.16 bits per heavy atom. The van der Waals surface area contributed by atoms with Crippen LogP contribution < -0.4 is 11.3 Å². The third-order valence-electron chi connectivity index (χ3n) is 2.98. The summed E-state index contributed by atoms with van der Waals surface area (Å²) in [5.74, 6) is 6.00. The Balaban J connectivity index is 2.09. The van der Waals surface area contributed by atoms with Crippen molar-refractivity contribution in [2.75, 3.05) is 5.75 Å². The summed E-state index contributed by atoms with van der Waals surface area (Å²) in [6, 6.07) is 14.7. The molecule has 2 rings (SSSR count). The minimum atomic E-state index is -0.226. The van der Waals surface area contributed by atoms with E-state index in [0.29, 0.717) is 11.3 Å². The first kappa shape index (κ1) is 14.1. The van der Waals surface area contributed by atoms with E-state index in [0.717, 1.165) is 0 Å². The molecule has 3 N–H and O–H groups in total. The lowest BCUT2D eigenvalue weighted by molar-refractivity contribution is 0.546. The van der Waals surface area contributed by atoms with E-state index in [4.69, 9.17) is 5.84 Å². The van der Waals surface area contributed by atoms with Crippen molar-refractivity contribution in [3.8, 4) is 0 Å². The van der Waals surface area contributed by atoms with Crippen molar-refractivity contribution in [2.45, 2.75) is 17.9 Å². The van der Waals surface area contributed by atoms with Crippen LogP contribution in [0.5, 0.6) is 0 Å². The molecule has 1 unspecified atom stereocenters. The zero-order valence-corrected chi connectivity index (χ0v) is 11.6. The normalized spacial score (nSPS) is 12.4. The molecule has 0 fully saturated rings. The zero-order valence-electron chi connectivity index (χ0n) is 10.8. The predicted octanol–water partition coefficient (Wildman–Crippen LogP) is 3.43. The van der Waals surface area contributed by atoms with Crippen LogP contribution in [0, 0.1) is 12.7 Å². The van der Waals surface area contributed by atoms with Gasteiger partial charge in [-0.3, -0.25) is 11.3 Å². The number of hydrogen-bond donors (Lipinski definition) is 2. The summed E-state index contributed by atoms with van der Waals surface area (Å²) in [6.45, 7) is 2.07. The van der Waals surface area contributed by atoms with Gasteiger partial charge in [0.15, 0.2) is 0 Å². The molecule has 0 radical (unpaired) electrons. The van der Waals surface area contributed by atoms with Gasteiger partial charge in [0, 0.05) is 16.2 Å². The van der Waals surface area contributed by atoms with Crippen molar-refractivity contribution in [3.05, 3.63) is 65.5 Å². The second-order valence-electron chi connectivity index (χ2n) is 4.32. The van der Waals surface area contributed by atoms with Gasteiger partial charge in [0.05, 0.1) is 6.04 Å². The number of benzene rings is 2. The summed E-state index contributed by atoms with van der Waals surface area (Å²) in [5.41, 5.74) is 4.51. The Hall–Kier alpha value is -1.36. The lowest BCUT2D eigenvalue weighted by atomic mass is 10.1. The zero-order chi connectivity index (χ0) is 13.7. The fraction of sp³-hybridized carbons (Fsp3) is 0.200. The van der Waals surface area contributed by atoms with Crippen molar-refractivity contribution in [1.82, 2.24) is 5.43 Å². The number of thioether (sulfide) groups is 1. The smallest absolute Gasteiger partial charge is 0.128 e. The van der Waals surface area contributed by atoms with Gasteiger partial charge >= 0.3 is 0 Å². The fourth-order valence-electron chi connectivity index (χ4n) is 1.88. The molecule has 0 heterocycles. The third kappa shape index (κ3) is 3.56. The predicted molar refractivity (Wildman–Crippen MR) is 78.4 cm³/mol. The summed E-state index contributed by atoms with van der Waals surface area (Å²) in [7, 11) is 0. The maximum absolute atomic E-state index is 13.7. The number of nitrogens with two attached hydrogens (primary N) is 1. The molecular weight excluding hydrogens is 259 g/mol. The first-order valence-corrected chi connectivity index (χ1v) is 7.10. The molecule has 0 aliphatic carbocycles. The second-order valence-corrected chi connectivity index (χ2v) is 5.38. The molecule has 2 aromatic rings. The van der Waals surface area contributed by atoms with Gasteiger partial charge in [0.1, 0.15) is 5.82 Å². The van der Waals surface area contributed by atoms with Gasteiger partial charge in [-0.15, -0.1) is 11.8 Å². The van der Waals surface area contributed by atoms with E-state index < -0.39 is 0 Å². The summed E-state index contributed by atoms with van der Waals surface area (Å²) >= 11 is 1.67. The molecule has 0 bridgehead atoms. The molecule has 0 saturated carbocycles. The topological polar surface area (TPSA) is 38.0 Å². The lowest BCUT2D eigenvalue weighted by Crippen LogP contribution is -2.30. The molecule has 0 aliphatic heterocycles. The molecule has 1 atom stereocenters. The summed E-state index contributed by atoms with van der Waals surface area (Å²) in [6.07, 6.45) is 0. The van der Waals surface area contributed by atoms with Crippen LogP contribution in [0.2, 0.25) is 0 Å². The molecule has 0 amide bonds. The van der Waals surface area contributed by atoms with Crippen molar-refractivity contribution in [3.63, 3.8) is 0 Å². The Labute approximate surface area is 117 Å². The van der Waals surface area contributed by atoms with Gasteiger partial charge in [-0.05, 0) is 24.6 Å². The van der Waals surface area contributed by atoms with E-state index in [1.807, 2.05) is 18.2 Å². The number of hydrogen-bond acceptors (Lipinski definition) is 3. The summed E-state index contributed by atoms with van der Waals surface area (Å²) in [4.78, 5) is 1.19. The van der Waals surface area contributed by atoms with Crippen molar-refractivity contribution < 1.29 is 4.39 Å². The van der Waals surface area contributed by atoms with Crippen molar-refractivity contribution >= 4 is 11.8 Å². The van der Waals surface area contributed by atoms with Crippen LogP contribution in [0.15, 0.2) is 53.4 Å². The van der Waals surface area contributed by atoms with E-state index in [9.17, 15) is 4.39 Å². The van der Waals surface area contributed by atoms with Crippen LogP contribution in [0.3, 0.4) is 0 Å². The van der Waals surface area contributed by atoms with E-state index in [-0.39, 0.29) is 11.9 Å². The quantitative estimate of drug-likeness (QED) is 0.499. The first-order valence-electron chi connectivity index (χ1n) is 6.11. The van der Waals surface area contributed by atoms with E-state index in [2.05, 4.69) is 24.5 Å². The van der Waals surface area contributed by atoms with Gasteiger partial charge in [0.25, 0.3) is 0 Å². The average Bonchev–Trinajstić information content (AvgIpc) is 2.43. The van der Waals surface area contributed by atoms with Crippen molar-refractivity contribution in [1.29, 1.82) is 0 Å². The van der Waals surface area contributed by atoms with Crippen LogP contribution in [-0.2, 0) is 0 Å². The van der Waals surface area contributed by atoms with E-state index >= 15 is 0 Å². The number of halogens is 1. The standard InChI is InChI=1S/C15H17FN2S/c1-11-6-2-5-9-15(11)19-10-14(18-17)12-7-3-4-8-13(12)16/h2-9,14,18H,10,17H2,1H3. The van der Waals surface area contributed by atoms with Gasteiger partial charge in [-0.25, -0.2) is 4.39 Å².